The number of carbonyl (C=O) groups is 1. The third-order valence-electron chi connectivity index (χ3n) is 3.40. The normalized spacial score (nSPS) is 16.4. The van der Waals surface area contributed by atoms with Crippen LogP contribution in [0.1, 0.15) is 11.3 Å². The highest BCUT2D eigenvalue weighted by atomic mass is 79.9. The van der Waals surface area contributed by atoms with E-state index in [0.717, 1.165) is 21.7 Å². The van der Waals surface area contributed by atoms with Crippen LogP contribution in [0.2, 0.25) is 0 Å². The summed E-state index contributed by atoms with van der Waals surface area (Å²) < 4.78 is 0.763. The lowest BCUT2D eigenvalue weighted by Gasteiger charge is -2.13. The Morgan fingerprint density at radius 2 is 2.15 bits per heavy atom. The summed E-state index contributed by atoms with van der Waals surface area (Å²) in [5.74, 6) is -0.0339. The quantitative estimate of drug-likeness (QED) is 0.831. The maximum atomic E-state index is 12.3. The van der Waals surface area contributed by atoms with Crippen LogP contribution in [-0.2, 0) is 11.2 Å². The van der Waals surface area contributed by atoms with Gasteiger partial charge in [-0.05, 0) is 46.6 Å². The van der Waals surface area contributed by atoms with Crippen molar-refractivity contribution in [2.75, 3.05) is 10.6 Å². The topological polar surface area (TPSA) is 54.0 Å². The molecule has 0 saturated carbocycles. The van der Waals surface area contributed by atoms with Crippen molar-refractivity contribution >= 4 is 33.2 Å². The van der Waals surface area contributed by atoms with Crippen LogP contribution in [0.5, 0.6) is 0 Å². The van der Waals surface area contributed by atoms with Gasteiger partial charge in [0.25, 0.3) is 0 Å². The number of carbonyl (C=O) groups excluding carboxylic acids is 1. The Labute approximate surface area is 125 Å². The van der Waals surface area contributed by atoms with Gasteiger partial charge in [-0.25, -0.2) is 4.98 Å². The third-order valence-corrected chi connectivity index (χ3v) is 3.84. The van der Waals surface area contributed by atoms with Crippen LogP contribution >= 0.6 is 15.9 Å². The Bertz CT molecular complexity index is 647. The van der Waals surface area contributed by atoms with Crippen molar-refractivity contribution in [3.8, 4) is 0 Å². The smallest absolute Gasteiger partial charge is 0.247 e. The van der Waals surface area contributed by atoms with Crippen LogP contribution in [0.3, 0.4) is 0 Å². The highest BCUT2D eigenvalue weighted by Gasteiger charge is 2.26. The Morgan fingerprint density at radius 3 is 2.90 bits per heavy atom. The second-order valence-corrected chi connectivity index (χ2v) is 5.63. The Hall–Kier alpha value is -1.88. The maximum Gasteiger partial charge on any atom is 0.247 e. The van der Waals surface area contributed by atoms with Crippen molar-refractivity contribution < 1.29 is 4.79 Å². The van der Waals surface area contributed by atoms with Crippen molar-refractivity contribution in [3.63, 3.8) is 0 Å². The molecule has 3 rings (SSSR count). The minimum Gasteiger partial charge on any atom is -0.373 e. The molecule has 20 heavy (non-hydrogen) atoms. The molecule has 1 amide bonds. The highest BCUT2D eigenvalue weighted by Crippen LogP contribution is 2.26. The SMILES string of the molecule is Cc1nc(Br)ccc1NC(=O)[C@@H]1Cc2ccccc2N1. The second kappa shape index (κ2) is 5.25. The average Bonchev–Trinajstić information content (AvgIpc) is 2.86. The molecule has 0 bridgehead atoms. The number of halogens is 1. The number of anilines is 2. The van der Waals surface area contributed by atoms with E-state index in [1.807, 2.05) is 43.3 Å². The molecule has 1 aliphatic heterocycles. The summed E-state index contributed by atoms with van der Waals surface area (Å²) in [6.45, 7) is 1.87. The molecule has 0 unspecified atom stereocenters. The van der Waals surface area contributed by atoms with E-state index in [-0.39, 0.29) is 11.9 Å². The molecule has 1 atom stereocenters. The number of pyridine rings is 1. The predicted molar refractivity (Wildman–Crippen MR) is 82.9 cm³/mol. The largest absolute Gasteiger partial charge is 0.373 e. The Balaban J connectivity index is 1.72. The van der Waals surface area contributed by atoms with E-state index in [9.17, 15) is 4.79 Å². The lowest BCUT2D eigenvalue weighted by atomic mass is 10.1. The average molecular weight is 332 g/mol. The summed E-state index contributed by atoms with van der Waals surface area (Å²) in [6, 6.07) is 11.4. The molecule has 1 aromatic carbocycles. The van der Waals surface area contributed by atoms with Crippen molar-refractivity contribution in [1.29, 1.82) is 0 Å². The van der Waals surface area contributed by atoms with Crippen LogP contribution in [-0.4, -0.2) is 16.9 Å². The van der Waals surface area contributed by atoms with Crippen molar-refractivity contribution in [2.45, 2.75) is 19.4 Å². The minimum absolute atomic E-state index is 0.0339. The van der Waals surface area contributed by atoms with E-state index in [1.165, 1.54) is 5.56 Å². The van der Waals surface area contributed by atoms with Gasteiger partial charge in [-0.2, -0.15) is 0 Å². The molecule has 0 fully saturated rings. The summed E-state index contributed by atoms with van der Waals surface area (Å²) in [5.41, 5.74) is 3.76. The molecule has 1 aromatic heterocycles. The summed E-state index contributed by atoms with van der Waals surface area (Å²) in [4.78, 5) is 16.6. The number of nitrogens with zero attached hydrogens (tertiary/aromatic N) is 1. The van der Waals surface area contributed by atoms with Crippen LogP contribution in [0.4, 0.5) is 11.4 Å². The first-order valence-electron chi connectivity index (χ1n) is 6.42. The Morgan fingerprint density at radius 1 is 1.35 bits per heavy atom. The van der Waals surface area contributed by atoms with Crippen molar-refractivity contribution in [3.05, 3.63) is 52.3 Å². The molecule has 102 valence electrons. The second-order valence-electron chi connectivity index (χ2n) is 4.81. The molecule has 2 aromatic rings. The molecule has 5 heteroatoms. The molecule has 2 heterocycles. The van der Waals surface area contributed by atoms with Gasteiger partial charge in [-0.15, -0.1) is 0 Å². The van der Waals surface area contributed by atoms with Gasteiger partial charge in [0, 0.05) is 12.1 Å². The number of hydrogen-bond acceptors (Lipinski definition) is 3. The van der Waals surface area contributed by atoms with E-state index in [4.69, 9.17) is 0 Å². The fourth-order valence-corrected chi connectivity index (χ4v) is 2.74. The van der Waals surface area contributed by atoms with Gasteiger partial charge in [0.1, 0.15) is 10.6 Å². The van der Waals surface area contributed by atoms with Crippen LogP contribution < -0.4 is 10.6 Å². The van der Waals surface area contributed by atoms with Crippen LogP contribution in [0.25, 0.3) is 0 Å². The third kappa shape index (κ3) is 2.54. The zero-order chi connectivity index (χ0) is 14.1. The zero-order valence-corrected chi connectivity index (χ0v) is 12.6. The number of fused-ring (bicyclic) bond motifs is 1. The van der Waals surface area contributed by atoms with Gasteiger partial charge in [-0.1, -0.05) is 18.2 Å². The standard InChI is InChI=1S/C15H14BrN3O/c1-9-11(6-7-14(16)17-9)19-15(20)13-8-10-4-2-3-5-12(10)18-13/h2-7,13,18H,8H2,1H3,(H,19,20)/t13-/m0/s1. The predicted octanol–water partition coefficient (Wildman–Crippen LogP) is 3.13. The first-order chi connectivity index (χ1) is 9.63. The molecular formula is C15H14BrN3O. The number of rotatable bonds is 2. The van der Waals surface area contributed by atoms with E-state index >= 15 is 0 Å². The number of amides is 1. The minimum atomic E-state index is -0.226. The van der Waals surface area contributed by atoms with Gasteiger partial charge in [0.2, 0.25) is 5.91 Å². The number of nitrogens with one attached hydrogen (secondary N) is 2. The van der Waals surface area contributed by atoms with E-state index in [2.05, 4.69) is 31.5 Å². The number of benzene rings is 1. The van der Waals surface area contributed by atoms with Crippen molar-refractivity contribution in [1.82, 2.24) is 4.98 Å². The van der Waals surface area contributed by atoms with Crippen LogP contribution in [0.15, 0.2) is 41.0 Å². The number of aromatic nitrogens is 1. The molecule has 2 N–H and O–H groups in total. The van der Waals surface area contributed by atoms with Gasteiger partial charge in [0.15, 0.2) is 0 Å². The molecular weight excluding hydrogens is 318 g/mol. The van der Waals surface area contributed by atoms with E-state index in [1.54, 1.807) is 0 Å². The maximum absolute atomic E-state index is 12.3. The summed E-state index contributed by atoms with van der Waals surface area (Å²) in [7, 11) is 0. The molecule has 0 saturated heterocycles. The van der Waals surface area contributed by atoms with Gasteiger partial charge in [-0.3, -0.25) is 4.79 Å². The van der Waals surface area contributed by atoms with E-state index < -0.39 is 0 Å². The first kappa shape index (κ1) is 13.1. The molecule has 1 aliphatic rings. The number of aryl methyl sites for hydroxylation is 1. The first-order valence-corrected chi connectivity index (χ1v) is 7.21. The fraction of sp³-hybridized carbons (Fsp3) is 0.200. The Kier molecular flexibility index (Phi) is 3.44. The lowest BCUT2D eigenvalue weighted by Crippen LogP contribution is -2.33. The molecule has 0 radical (unpaired) electrons. The summed E-state index contributed by atoms with van der Waals surface area (Å²) in [6.07, 6.45) is 0.713. The lowest BCUT2D eigenvalue weighted by molar-refractivity contribution is -0.116. The highest BCUT2D eigenvalue weighted by molar-refractivity contribution is 9.10. The number of hydrogen-bond donors (Lipinski definition) is 2. The van der Waals surface area contributed by atoms with Crippen molar-refractivity contribution in [2.24, 2.45) is 0 Å². The van der Waals surface area contributed by atoms with Gasteiger partial charge >= 0.3 is 0 Å². The molecule has 0 spiro atoms. The van der Waals surface area contributed by atoms with Gasteiger partial charge < -0.3 is 10.6 Å². The summed E-state index contributed by atoms with van der Waals surface area (Å²) in [5, 5.41) is 6.17. The molecule has 0 aliphatic carbocycles. The summed E-state index contributed by atoms with van der Waals surface area (Å²) >= 11 is 3.31. The van der Waals surface area contributed by atoms with E-state index in [0.29, 0.717) is 6.42 Å². The molecule has 4 nitrogen and oxygen atoms in total. The zero-order valence-electron chi connectivity index (χ0n) is 11.0. The monoisotopic (exact) mass is 331 g/mol. The van der Waals surface area contributed by atoms with Gasteiger partial charge in [0.05, 0.1) is 11.4 Å². The van der Waals surface area contributed by atoms with Crippen LogP contribution in [0, 0.1) is 6.92 Å². The fourth-order valence-electron chi connectivity index (χ4n) is 2.34. The number of para-hydroxylation sites is 1.